The zero-order valence-corrected chi connectivity index (χ0v) is 14.2. The molecule has 0 amide bonds. The second-order valence-corrected chi connectivity index (χ2v) is 8.04. The molecule has 20 heavy (non-hydrogen) atoms. The molecule has 2 nitrogen and oxygen atoms in total. The minimum atomic E-state index is -0.457. The standard InChI is InChI=1S/C18H32O2/c1-16(2,3)12-14-19-18(10-8-7-9-11-18)20-15-13-17(4,5)6/h12-15H,7-11H2,1-6H3. The fourth-order valence-corrected chi connectivity index (χ4v) is 2.08. The lowest BCUT2D eigenvalue weighted by molar-refractivity contribution is -0.192. The summed E-state index contributed by atoms with van der Waals surface area (Å²) in [6.07, 6.45) is 13.4. The van der Waals surface area contributed by atoms with Crippen LogP contribution in [-0.4, -0.2) is 5.79 Å². The summed E-state index contributed by atoms with van der Waals surface area (Å²) >= 11 is 0. The third-order valence-electron chi connectivity index (χ3n) is 3.32. The molecule has 1 rings (SSSR count). The molecule has 0 spiro atoms. The molecule has 0 aromatic carbocycles. The van der Waals surface area contributed by atoms with Crippen molar-refractivity contribution in [3.63, 3.8) is 0 Å². The highest BCUT2D eigenvalue weighted by Gasteiger charge is 2.34. The van der Waals surface area contributed by atoms with E-state index in [0.717, 1.165) is 12.8 Å². The summed E-state index contributed by atoms with van der Waals surface area (Å²) in [5.74, 6) is -0.457. The van der Waals surface area contributed by atoms with E-state index in [2.05, 4.69) is 53.7 Å². The first-order chi connectivity index (χ1) is 9.12. The maximum absolute atomic E-state index is 6.01. The van der Waals surface area contributed by atoms with Crippen molar-refractivity contribution < 1.29 is 9.47 Å². The highest BCUT2D eigenvalue weighted by molar-refractivity contribution is 4.92. The first-order valence-electron chi connectivity index (χ1n) is 7.83. The van der Waals surface area contributed by atoms with Crippen LogP contribution in [0, 0.1) is 10.8 Å². The van der Waals surface area contributed by atoms with E-state index in [1.54, 1.807) is 0 Å². The van der Waals surface area contributed by atoms with Crippen LogP contribution in [-0.2, 0) is 9.47 Å². The van der Waals surface area contributed by atoms with E-state index in [9.17, 15) is 0 Å². The van der Waals surface area contributed by atoms with Gasteiger partial charge in [-0.3, -0.25) is 0 Å². The maximum Gasteiger partial charge on any atom is 0.249 e. The van der Waals surface area contributed by atoms with E-state index >= 15 is 0 Å². The number of hydrogen-bond acceptors (Lipinski definition) is 2. The van der Waals surface area contributed by atoms with Gasteiger partial charge in [0.2, 0.25) is 5.79 Å². The monoisotopic (exact) mass is 280 g/mol. The largest absolute Gasteiger partial charge is 0.460 e. The van der Waals surface area contributed by atoms with Crippen LogP contribution in [0.25, 0.3) is 0 Å². The molecule has 1 aliphatic rings. The lowest BCUT2D eigenvalue weighted by atomic mass is 9.93. The molecule has 0 aromatic heterocycles. The Hall–Kier alpha value is -0.920. The van der Waals surface area contributed by atoms with Crippen molar-refractivity contribution in [3.8, 4) is 0 Å². The van der Waals surface area contributed by atoms with Crippen LogP contribution >= 0.6 is 0 Å². The van der Waals surface area contributed by atoms with Gasteiger partial charge in [-0.2, -0.15) is 0 Å². The van der Waals surface area contributed by atoms with Gasteiger partial charge in [0.1, 0.15) is 0 Å². The van der Waals surface area contributed by atoms with Gasteiger partial charge in [0.15, 0.2) is 0 Å². The molecule has 0 saturated heterocycles. The molecular formula is C18H32O2. The second kappa shape index (κ2) is 6.69. The zero-order chi connectivity index (χ0) is 15.3. The minimum absolute atomic E-state index is 0.136. The van der Waals surface area contributed by atoms with Crippen molar-refractivity contribution in [2.45, 2.75) is 79.4 Å². The Balaban J connectivity index is 2.67. The Labute approximate surface area is 125 Å². The Morgan fingerprint density at radius 1 is 0.700 bits per heavy atom. The molecule has 1 fully saturated rings. The predicted octanol–water partition coefficient (Wildman–Crippen LogP) is 5.80. The molecule has 116 valence electrons. The number of allylic oxidation sites excluding steroid dienone is 2. The smallest absolute Gasteiger partial charge is 0.249 e. The SMILES string of the molecule is CC(C)(C)C=COC1(OC=CC(C)(C)C)CCCCC1. The summed E-state index contributed by atoms with van der Waals surface area (Å²) in [5.41, 5.74) is 0.272. The summed E-state index contributed by atoms with van der Waals surface area (Å²) in [5, 5.41) is 0. The normalized spacial score (nSPS) is 20.5. The van der Waals surface area contributed by atoms with Crippen LogP contribution in [0.15, 0.2) is 24.7 Å². The van der Waals surface area contributed by atoms with Crippen LogP contribution in [0.3, 0.4) is 0 Å². The Kier molecular flexibility index (Phi) is 5.73. The Bertz CT molecular complexity index is 305. The third-order valence-corrected chi connectivity index (χ3v) is 3.32. The quantitative estimate of drug-likeness (QED) is 0.478. The highest BCUT2D eigenvalue weighted by atomic mass is 16.7. The average Bonchev–Trinajstić information content (AvgIpc) is 2.26. The van der Waals surface area contributed by atoms with E-state index in [4.69, 9.17) is 9.47 Å². The van der Waals surface area contributed by atoms with Gasteiger partial charge in [-0.25, -0.2) is 0 Å². The lowest BCUT2D eigenvalue weighted by Gasteiger charge is -2.35. The fourth-order valence-electron chi connectivity index (χ4n) is 2.08. The number of hydrogen-bond donors (Lipinski definition) is 0. The second-order valence-electron chi connectivity index (χ2n) is 8.04. The van der Waals surface area contributed by atoms with E-state index in [1.807, 2.05) is 12.5 Å². The summed E-state index contributed by atoms with van der Waals surface area (Å²) < 4.78 is 12.0. The van der Waals surface area contributed by atoms with Crippen molar-refractivity contribution in [3.05, 3.63) is 24.7 Å². The Morgan fingerprint density at radius 2 is 1.10 bits per heavy atom. The van der Waals surface area contributed by atoms with Gasteiger partial charge in [0.25, 0.3) is 0 Å². The number of ether oxygens (including phenoxy) is 2. The number of rotatable bonds is 4. The highest BCUT2D eigenvalue weighted by Crippen LogP contribution is 2.34. The molecule has 0 N–H and O–H groups in total. The summed E-state index contributed by atoms with van der Waals surface area (Å²) in [6, 6.07) is 0. The molecule has 0 heterocycles. The summed E-state index contributed by atoms with van der Waals surface area (Å²) in [6.45, 7) is 13.0. The molecule has 0 radical (unpaired) electrons. The molecule has 0 unspecified atom stereocenters. The molecule has 2 heteroatoms. The van der Waals surface area contributed by atoms with Crippen molar-refractivity contribution in [2.24, 2.45) is 10.8 Å². The zero-order valence-electron chi connectivity index (χ0n) is 14.2. The topological polar surface area (TPSA) is 18.5 Å². The van der Waals surface area contributed by atoms with Crippen molar-refractivity contribution in [1.82, 2.24) is 0 Å². The molecule has 0 atom stereocenters. The summed E-state index contributed by atoms with van der Waals surface area (Å²) in [7, 11) is 0. The molecular weight excluding hydrogens is 248 g/mol. The van der Waals surface area contributed by atoms with Crippen molar-refractivity contribution in [2.75, 3.05) is 0 Å². The predicted molar refractivity (Wildman–Crippen MR) is 85.2 cm³/mol. The molecule has 0 aromatic rings. The van der Waals surface area contributed by atoms with Crippen molar-refractivity contribution >= 4 is 0 Å². The van der Waals surface area contributed by atoms with Crippen LogP contribution in [0.5, 0.6) is 0 Å². The van der Waals surface area contributed by atoms with Gasteiger partial charge < -0.3 is 9.47 Å². The van der Waals surface area contributed by atoms with Gasteiger partial charge in [0.05, 0.1) is 12.5 Å². The van der Waals surface area contributed by atoms with Crippen LogP contribution in [0.4, 0.5) is 0 Å². The van der Waals surface area contributed by atoms with Gasteiger partial charge in [-0.15, -0.1) is 0 Å². The Morgan fingerprint density at radius 3 is 1.45 bits per heavy atom. The molecule has 1 saturated carbocycles. The van der Waals surface area contributed by atoms with E-state index < -0.39 is 5.79 Å². The maximum atomic E-state index is 6.01. The third kappa shape index (κ3) is 7.02. The van der Waals surface area contributed by atoms with Crippen molar-refractivity contribution in [1.29, 1.82) is 0 Å². The van der Waals surface area contributed by atoms with E-state index in [0.29, 0.717) is 0 Å². The molecule has 0 bridgehead atoms. The average molecular weight is 280 g/mol. The van der Waals surface area contributed by atoms with Crippen LogP contribution < -0.4 is 0 Å². The van der Waals surface area contributed by atoms with E-state index in [1.165, 1.54) is 19.3 Å². The van der Waals surface area contributed by atoms with Crippen LogP contribution in [0.2, 0.25) is 0 Å². The molecule has 1 aliphatic carbocycles. The van der Waals surface area contributed by atoms with Gasteiger partial charge in [-0.05, 0) is 35.8 Å². The van der Waals surface area contributed by atoms with E-state index in [-0.39, 0.29) is 10.8 Å². The van der Waals surface area contributed by atoms with Gasteiger partial charge >= 0.3 is 0 Å². The fraction of sp³-hybridized carbons (Fsp3) is 0.778. The lowest BCUT2D eigenvalue weighted by Crippen LogP contribution is -2.35. The first-order valence-corrected chi connectivity index (χ1v) is 7.83. The van der Waals surface area contributed by atoms with Gasteiger partial charge in [0, 0.05) is 12.8 Å². The van der Waals surface area contributed by atoms with Crippen LogP contribution in [0.1, 0.15) is 73.6 Å². The van der Waals surface area contributed by atoms with Gasteiger partial charge in [-0.1, -0.05) is 48.0 Å². The first kappa shape index (κ1) is 17.1. The minimum Gasteiger partial charge on any atom is -0.460 e. The molecule has 0 aliphatic heterocycles. The summed E-state index contributed by atoms with van der Waals surface area (Å²) in [4.78, 5) is 0.